The van der Waals surface area contributed by atoms with Crippen molar-refractivity contribution in [2.75, 3.05) is 13.7 Å². The van der Waals surface area contributed by atoms with Crippen LogP contribution < -0.4 is 5.32 Å². The zero-order chi connectivity index (χ0) is 15.9. The third kappa shape index (κ3) is 5.30. The van der Waals surface area contributed by atoms with Crippen LogP contribution in [0.1, 0.15) is 58.8 Å². The number of nitrogens with one attached hydrogen (secondary N) is 1. The molecule has 5 nitrogen and oxygen atoms in total. The fourth-order valence-electron chi connectivity index (χ4n) is 3.02. The van der Waals surface area contributed by atoms with Crippen LogP contribution in [0.15, 0.2) is 0 Å². The molecule has 2 N–H and O–H groups in total. The van der Waals surface area contributed by atoms with Crippen LogP contribution in [-0.2, 0) is 14.3 Å². The first kappa shape index (κ1) is 18.0. The Morgan fingerprint density at radius 2 is 1.76 bits per heavy atom. The van der Waals surface area contributed by atoms with Gasteiger partial charge in [-0.05, 0) is 18.8 Å². The summed E-state index contributed by atoms with van der Waals surface area (Å²) in [4.78, 5) is 24.0. The maximum atomic E-state index is 12.3. The van der Waals surface area contributed by atoms with Gasteiger partial charge in [0.2, 0.25) is 5.91 Å². The van der Waals surface area contributed by atoms with Crippen molar-refractivity contribution in [1.29, 1.82) is 0 Å². The van der Waals surface area contributed by atoms with E-state index in [1.54, 1.807) is 7.11 Å². The highest BCUT2D eigenvalue weighted by molar-refractivity contribution is 5.85. The minimum atomic E-state index is -0.880. The normalized spacial score (nSPS) is 19.8. The summed E-state index contributed by atoms with van der Waals surface area (Å²) >= 11 is 0. The first-order valence-corrected chi connectivity index (χ1v) is 7.93. The number of amides is 1. The van der Waals surface area contributed by atoms with Crippen molar-refractivity contribution in [2.45, 2.75) is 64.8 Å². The van der Waals surface area contributed by atoms with Crippen LogP contribution in [-0.4, -0.2) is 36.7 Å². The molecular formula is C16H29NO4. The Hall–Kier alpha value is -1.10. The molecule has 1 rings (SSSR count). The molecular weight excluding hydrogens is 270 g/mol. The second kappa shape index (κ2) is 8.37. The Kier molecular flexibility index (Phi) is 7.15. The lowest BCUT2D eigenvalue weighted by atomic mass is 9.77. The van der Waals surface area contributed by atoms with Crippen LogP contribution in [0.5, 0.6) is 0 Å². The van der Waals surface area contributed by atoms with E-state index in [0.717, 1.165) is 25.7 Å². The molecule has 0 aromatic carbocycles. The highest BCUT2D eigenvalue weighted by Gasteiger charge is 2.40. The maximum Gasteiger partial charge on any atom is 0.310 e. The SMILES string of the molecule is COCC(NC(=O)CC1(C(=O)O)CCCCCC1)C(C)C. The minimum absolute atomic E-state index is 0.0703. The largest absolute Gasteiger partial charge is 0.481 e. The minimum Gasteiger partial charge on any atom is -0.481 e. The van der Waals surface area contributed by atoms with Gasteiger partial charge >= 0.3 is 5.97 Å². The number of aliphatic carboxylic acids is 1. The first-order valence-electron chi connectivity index (χ1n) is 7.93. The molecule has 1 unspecified atom stereocenters. The summed E-state index contributed by atoms with van der Waals surface area (Å²) in [6.45, 7) is 4.48. The van der Waals surface area contributed by atoms with E-state index < -0.39 is 11.4 Å². The molecule has 1 aliphatic carbocycles. The predicted molar refractivity (Wildman–Crippen MR) is 81.0 cm³/mol. The number of carbonyl (C=O) groups is 2. The molecule has 5 heteroatoms. The van der Waals surface area contributed by atoms with Gasteiger partial charge in [0.25, 0.3) is 0 Å². The third-order valence-electron chi connectivity index (χ3n) is 4.51. The predicted octanol–water partition coefficient (Wildman–Crippen LogP) is 2.59. The summed E-state index contributed by atoms with van der Waals surface area (Å²) in [7, 11) is 1.60. The summed E-state index contributed by atoms with van der Waals surface area (Å²) in [5.74, 6) is -0.744. The molecule has 1 aliphatic rings. The fourth-order valence-corrected chi connectivity index (χ4v) is 3.02. The smallest absolute Gasteiger partial charge is 0.310 e. The van der Waals surface area contributed by atoms with Crippen LogP contribution in [0.25, 0.3) is 0 Å². The van der Waals surface area contributed by atoms with Crippen molar-refractivity contribution >= 4 is 11.9 Å². The Bertz CT molecular complexity index is 346. The lowest BCUT2D eigenvalue weighted by molar-refractivity contribution is -0.153. The molecule has 21 heavy (non-hydrogen) atoms. The van der Waals surface area contributed by atoms with Gasteiger partial charge in [-0.2, -0.15) is 0 Å². The lowest BCUT2D eigenvalue weighted by Gasteiger charge is -2.29. The molecule has 122 valence electrons. The topological polar surface area (TPSA) is 75.6 Å². The zero-order valence-corrected chi connectivity index (χ0v) is 13.5. The van der Waals surface area contributed by atoms with E-state index in [-0.39, 0.29) is 24.3 Å². The van der Waals surface area contributed by atoms with Gasteiger partial charge in [0.15, 0.2) is 0 Å². The number of ether oxygens (including phenoxy) is 1. The molecule has 0 spiro atoms. The van der Waals surface area contributed by atoms with Gasteiger partial charge in [0, 0.05) is 13.5 Å². The number of methoxy groups -OCH3 is 1. The second-order valence-electron chi connectivity index (χ2n) is 6.55. The molecule has 1 saturated carbocycles. The quantitative estimate of drug-likeness (QED) is 0.708. The maximum absolute atomic E-state index is 12.3. The number of rotatable bonds is 7. The van der Waals surface area contributed by atoms with E-state index in [1.807, 2.05) is 13.8 Å². The molecule has 1 amide bonds. The van der Waals surface area contributed by atoms with E-state index >= 15 is 0 Å². The number of carboxylic acid groups (broad SMARTS) is 1. The molecule has 0 bridgehead atoms. The van der Waals surface area contributed by atoms with E-state index in [4.69, 9.17) is 4.74 Å². The van der Waals surface area contributed by atoms with Crippen molar-refractivity contribution in [3.63, 3.8) is 0 Å². The molecule has 0 heterocycles. The average Bonchev–Trinajstić information content (AvgIpc) is 2.64. The van der Waals surface area contributed by atoms with Crippen LogP contribution in [0.2, 0.25) is 0 Å². The molecule has 1 fully saturated rings. The standard InChI is InChI=1S/C16H29NO4/c1-12(2)13(11-21-3)17-14(18)10-16(15(19)20)8-6-4-5-7-9-16/h12-13H,4-11H2,1-3H3,(H,17,18)(H,19,20). The highest BCUT2D eigenvalue weighted by atomic mass is 16.5. The number of hydrogen-bond donors (Lipinski definition) is 2. The second-order valence-corrected chi connectivity index (χ2v) is 6.55. The van der Waals surface area contributed by atoms with E-state index in [9.17, 15) is 14.7 Å². The van der Waals surface area contributed by atoms with Crippen LogP contribution in [0.4, 0.5) is 0 Å². The summed E-state index contributed by atoms with van der Waals surface area (Å²) in [5.41, 5.74) is -0.880. The van der Waals surface area contributed by atoms with Gasteiger partial charge in [-0.15, -0.1) is 0 Å². The van der Waals surface area contributed by atoms with E-state index in [2.05, 4.69) is 5.32 Å². The van der Waals surface area contributed by atoms with E-state index in [0.29, 0.717) is 19.4 Å². The molecule has 0 aliphatic heterocycles. The van der Waals surface area contributed by atoms with Gasteiger partial charge < -0.3 is 15.2 Å². The summed E-state index contributed by atoms with van der Waals surface area (Å²) in [6.07, 6.45) is 5.20. The fraction of sp³-hybridized carbons (Fsp3) is 0.875. The Labute approximate surface area is 127 Å². The lowest BCUT2D eigenvalue weighted by Crippen LogP contribution is -2.45. The van der Waals surface area contributed by atoms with Gasteiger partial charge in [-0.1, -0.05) is 39.5 Å². The van der Waals surface area contributed by atoms with Crippen molar-refractivity contribution in [3.05, 3.63) is 0 Å². The molecule has 1 atom stereocenters. The van der Waals surface area contributed by atoms with Crippen molar-refractivity contribution in [1.82, 2.24) is 5.32 Å². The van der Waals surface area contributed by atoms with Crippen molar-refractivity contribution in [3.8, 4) is 0 Å². The molecule has 0 radical (unpaired) electrons. The summed E-state index contributed by atoms with van der Waals surface area (Å²) in [5, 5.41) is 12.5. The van der Waals surface area contributed by atoms with E-state index in [1.165, 1.54) is 0 Å². The zero-order valence-electron chi connectivity index (χ0n) is 13.5. The van der Waals surface area contributed by atoms with Gasteiger partial charge in [0.05, 0.1) is 18.1 Å². The highest BCUT2D eigenvalue weighted by Crippen LogP contribution is 2.38. The molecule has 0 aromatic heterocycles. The van der Waals surface area contributed by atoms with Crippen molar-refractivity contribution < 1.29 is 19.4 Å². The summed E-state index contributed by atoms with van der Waals surface area (Å²) < 4.78 is 5.12. The third-order valence-corrected chi connectivity index (χ3v) is 4.51. The monoisotopic (exact) mass is 299 g/mol. The first-order chi connectivity index (χ1) is 9.91. The summed E-state index contributed by atoms with van der Waals surface area (Å²) in [6, 6.07) is -0.0703. The Morgan fingerprint density at radius 1 is 1.19 bits per heavy atom. The number of hydrogen-bond acceptors (Lipinski definition) is 3. The van der Waals surface area contributed by atoms with Crippen LogP contribution in [0, 0.1) is 11.3 Å². The Morgan fingerprint density at radius 3 is 2.19 bits per heavy atom. The van der Waals surface area contributed by atoms with Gasteiger partial charge in [-0.25, -0.2) is 0 Å². The van der Waals surface area contributed by atoms with Crippen molar-refractivity contribution in [2.24, 2.45) is 11.3 Å². The average molecular weight is 299 g/mol. The molecule has 0 saturated heterocycles. The molecule has 0 aromatic rings. The van der Waals surface area contributed by atoms with Crippen LogP contribution >= 0.6 is 0 Å². The Balaban J connectivity index is 2.69. The number of carbonyl (C=O) groups excluding carboxylic acids is 1. The van der Waals surface area contributed by atoms with Gasteiger partial charge in [0.1, 0.15) is 0 Å². The van der Waals surface area contributed by atoms with Crippen LogP contribution in [0.3, 0.4) is 0 Å². The van der Waals surface area contributed by atoms with Gasteiger partial charge in [-0.3, -0.25) is 9.59 Å². The number of carboxylic acids is 1.